The van der Waals surface area contributed by atoms with E-state index in [2.05, 4.69) is 16.0 Å². The van der Waals surface area contributed by atoms with Crippen LogP contribution in [0.3, 0.4) is 0 Å². The van der Waals surface area contributed by atoms with Crippen molar-refractivity contribution in [2.24, 2.45) is 17.6 Å². The molecule has 0 aromatic carbocycles. The van der Waals surface area contributed by atoms with Crippen molar-refractivity contribution in [1.29, 1.82) is 0 Å². The zero-order valence-electron chi connectivity index (χ0n) is 16.3. The number of rotatable bonds is 12. The lowest BCUT2D eigenvalue weighted by Gasteiger charge is -2.24. The van der Waals surface area contributed by atoms with Crippen molar-refractivity contribution >= 4 is 23.7 Å². The Morgan fingerprint density at radius 3 is 1.81 bits per heavy atom. The number of aliphatic hydroxyl groups excluding tert-OH is 1. The second-order valence-electron chi connectivity index (χ2n) is 7.28. The Hall–Kier alpha value is -2.20. The molecule has 0 heterocycles. The van der Waals surface area contributed by atoms with E-state index in [-0.39, 0.29) is 11.8 Å². The summed E-state index contributed by atoms with van der Waals surface area (Å²) in [6, 6.07) is -3.02. The zero-order chi connectivity index (χ0) is 21.1. The van der Waals surface area contributed by atoms with E-state index in [0.29, 0.717) is 12.8 Å². The summed E-state index contributed by atoms with van der Waals surface area (Å²) in [4.78, 5) is 47.1. The number of carbonyl (C=O) groups excluding carboxylic acids is 3. The van der Waals surface area contributed by atoms with Crippen LogP contribution in [-0.4, -0.2) is 65.2 Å². The molecule has 0 rings (SSSR count). The number of nitrogens with two attached hydrogens (primary N) is 1. The molecule has 156 valence electrons. The van der Waals surface area contributed by atoms with Crippen LogP contribution in [0.2, 0.25) is 0 Å². The Labute approximate surface area is 159 Å². The Morgan fingerprint density at radius 2 is 1.37 bits per heavy atom. The fourth-order valence-electron chi connectivity index (χ4n) is 2.35. The van der Waals surface area contributed by atoms with Crippen molar-refractivity contribution in [3.63, 3.8) is 0 Å². The molecule has 0 aliphatic rings. The fourth-order valence-corrected chi connectivity index (χ4v) is 2.35. The van der Waals surface area contributed by atoms with Gasteiger partial charge in [-0.2, -0.15) is 0 Å². The van der Waals surface area contributed by atoms with Crippen LogP contribution < -0.4 is 21.7 Å². The average Bonchev–Trinajstić information content (AvgIpc) is 2.55. The molecule has 3 amide bonds. The molecule has 3 atom stereocenters. The Morgan fingerprint density at radius 1 is 0.852 bits per heavy atom. The van der Waals surface area contributed by atoms with E-state index in [1.807, 2.05) is 27.7 Å². The maximum Gasteiger partial charge on any atom is 0.322 e. The second-order valence-corrected chi connectivity index (χ2v) is 7.28. The number of aliphatic hydroxyl groups is 1. The van der Waals surface area contributed by atoms with Gasteiger partial charge in [0.2, 0.25) is 17.7 Å². The summed E-state index contributed by atoms with van der Waals surface area (Å²) in [7, 11) is 0. The SMILES string of the molecule is CC(C)CC(N)C(=O)NC(CC(C)C)C(=O)NC(CO)C(=O)NCC(=O)O. The average molecular weight is 388 g/mol. The molecule has 27 heavy (non-hydrogen) atoms. The van der Waals surface area contributed by atoms with Gasteiger partial charge in [-0.3, -0.25) is 19.2 Å². The van der Waals surface area contributed by atoms with E-state index in [0.717, 1.165) is 0 Å². The van der Waals surface area contributed by atoms with Gasteiger partial charge >= 0.3 is 5.97 Å². The van der Waals surface area contributed by atoms with Crippen LogP contribution in [0.15, 0.2) is 0 Å². The summed E-state index contributed by atoms with van der Waals surface area (Å²) >= 11 is 0. The van der Waals surface area contributed by atoms with Crippen molar-refractivity contribution in [2.75, 3.05) is 13.2 Å². The summed E-state index contributed by atoms with van der Waals surface area (Å²) in [6.07, 6.45) is 0.763. The zero-order valence-corrected chi connectivity index (χ0v) is 16.3. The Kier molecular flexibility index (Phi) is 11.2. The molecule has 10 nitrogen and oxygen atoms in total. The first-order valence-electron chi connectivity index (χ1n) is 8.94. The van der Waals surface area contributed by atoms with Gasteiger partial charge in [-0.05, 0) is 24.7 Å². The lowest BCUT2D eigenvalue weighted by atomic mass is 10.0. The van der Waals surface area contributed by atoms with Gasteiger partial charge in [0.15, 0.2) is 0 Å². The van der Waals surface area contributed by atoms with Crippen molar-refractivity contribution < 1.29 is 29.4 Å². The molecule has 3 unspecified atom stereocenters. The van der Waals surface area contributed by atoms with Crippen LogP contribution in [0.25, 0.3) is 0 Å². The van der Waals surface area contributed by atoms with Crippen LogP contribution in [0, 0.1) is 11.8 Å². The Bertz CT molecular complexity index is 524. The minimum Gasteiger partial charge on any atom is -0.480 e. The molecule has 0 aliphatic heterocycles. The number of carbonyl (C=O) groups is 4. The highest BCUT2D eigenvalue weighted by Gasteiger charge is 2.28. The first kappa shape index (κ1) is 24.8. The number of amides is 3. The second kappa shape index (κ2) is 12.2. The quantitative estimate of drug-likeness (QED) is 0.238. The molecule has 0 saturated carbocycles. The fraction of sp³-hybridized carbons (Fsp3) is 0.765. The summed E-state index contributed by atoms with van der Waals surface area (Å²) in [5, 5.41) is 24.9. The molecule has 0 aliphatic carbocycles. The number of hydrogen-bond acceptors (Lipinski definition) is 6. The minimum absolute atomic E-state index is 0.0655. The first-order valence-corrected chi connectivity index (χ1v) is 8.94. The molecule has 0 aromatic rings. The monoisotopic (exact) mass is 388 g/mol. The molecular formula is C17H32N4O6. The molecule has 0 saturated heterocycles. The van der Waals surface area contributed by atoms with Crippen molar-refractivity contribution in [3.05, 3.63) is 0 Å². The van der Waals surface area contributed by atoms with E-state index in [9.17, 15) is 24.3 Å². The van der Waals surface area contributed by atoms with E-state index < -0.39 is 55.0 Å². The van der Waals surface area contributed by atoms with E-state index in [4.69, 9.17) is 10.8 Å². The molecule has 0 spiro atoms. The minimum atomic E-state index is -1.33. The lowest BCUT2D eigenvalue weighted by Crippen LogP contribution is -2.57. The van der Waals surface area contributed by atoms with Gasteiger partial charge in [0.1, 0.15) is 18.6 Å². The van der Waals surface area contributed by atoms with Gasteiger partial charge in [-0.25, -0.2) is 0 Å². The standard InChI is InChI=1S/C17H32N4O6/c1-9(2)5-11(18)15(25)20-12(6-10(3)4)17(27)21-13(8-22)16(26)19-7-14(23)24/h9-13,22H,5-8,18H2,1-4H3,(H,19,26)(H,20,25)(H,21,27)(H,23,24). The number of hydrogen-bond donors (Lipinski definition) is 6. The topological polar surface area (TPSA) is 171 Å². The summed E-state index contributed by atoms with van der Waals surface area (Å²) in [6.45, 7) is 6.22. The molecule has 7 N–H and O–H groups in total. The summed E-state index contributed by atoms with van der Waals surface area (Å²) in [5.41, 5.74) is 5.84. The maximum atomic E-state index is 12.5. The summed E-state index contributed by atoms with van der Waals surface area (Å²) in [5.74, 6) is -2.94. The molecular weight excluding hydrogens is 356 g/mol. The molecule has 0 radical (unpaired) electrons. The van der Waals surface area contributed by atoms with Crippen LogP contribution in [0.5, 0.6) is 0 Å². The van der Waals surface area contributed by atoms with E-state index >= 15 is 0 Å². The molecule has 10 heteroatoms. The number of carboxylic acids is 1. The molecule has 0 fully saturated rings. The maximum absolute atomic E-state index is 12.5. The van der Waals surface area contributed by atoms with Gasteiger partial charge < -0.3 is 31.9 Å². The highest BCUT2D eigenvalue weighted by atomic mass is 16.4. The largest absolute Gasteiger partial charge is 0.480 e. The van der Waals surface area contributed by atoms with Crippen LogP contribution >= 0.6 is 0 Å². The van der Waals surface area contributed by atoms with Crippen LogP contribution in [-0.2, 0) is 19.2 Å². The highest BCUT2D eigenvalue weighted by molar-refractivity contribution is 5.93. The van der Waals surface area contributed by atoms with E-state index in [1.54, 1.807) is 0 Å². The normalized spacial score (nSPS) is 14.4. The van der Waals surface area contributed by atoms with Crippen LogP contribution in [0.1, 0.15) is 40.5 Å². The predicted octanol–water partition coefficient (Wildman–Crippen LogP) is -1.43. The third kappa shape index (κ3) is 10.5. The van der Waals surface area contributed by atoms with Gasteiger partial charge in [0.25, 0.3) is 0 Å². The third-order valence-corrected chi connectivity index (χ3v) is 3.63. The highest BCUT2D eigenvalue weighted by Crippen LogP contribution is 2.08. The van der Waals surface area contributed by atoms with Crippen LogP contribution in [0.4, 0.5) is 0 Å². The van der Waals surface area contributed by atoms with Crippen molar-refractivity contribution in [2.45, 2.75) is 58.7 Å². The first-order chi connectivity index (χ1) is 12.5. The number of carboxylic acid groups (broad SMARTS) is 1. The smallest absolute Gasteiger partial charge is 0.322 e. The van der Waals surface area contributed by atoms with Gasteiger partial charge in [-0.15, -0.1) is 0 Å². The van der Waals surface area contributed by atoms with Gasteiger partial charge in [0.05, 0.1) is 12.6 Å². The molecule has 0 aromatic heterocycles. The lowest BCUT2D eigenvalue weighted by molar-refractivity contribution is -0.139. The Balaban J connectivity index is 5.00. The number of aliphatic carboxylic acids is 1. The van der Waals surface area contributed by atoms with Crippen molar-refractivity contribution in [3.8, 4) is 0 Å². The van der Waals surface area contributed by atoms with Gasteiger partial charge in [-0.1, -0.05) is 27.7 Å². The van der Waals surface area contributed by atoms with E-state index in [1.165, 1.54) is 0 Å². The predicted molar refractivity (Wildman–Crippen MR) is 98.5 cm³/mol. The summed E-state index contributed by atoms with van der Waals surface area (Å²) < 4.78 is 0. The number of nitrogens with one attached hydrogen (secondary N) is 3. The third-order valence-electron chi connectivity index (χ3n) is 3.63. The molecule has 0 bridgehead atoms. The van der Waals surface area contributed by atoms with Gasteiger partial charge in [0, 0.05) is 0 Å². The van der Waals surface area contributed by atoms with Crippen molar-refractivity contribution in [1.82, 2.24) is 16.0 Å².